The van der Waals surface area contributed by atoms with Gasteiger partial charge in [-0.2, -0.15) is 11.8 Å². The SMILES string of the molecule is Cc1cc(S(N)(=O)=O)cc(NC(=O)CC2CSCCN2)c1C.Cl. The zero-order valence-corrected chi connectivity index (χ0v) is 15.5. The number of hydrogen-bond donors (Lipinski definition) is 3. The normalized spacial score (nSPS) is 18.1. The molecule has 4 N–H and O–H groups in total. The van der Waals surface area contributed by atoms with E-state index in [2.05, 4.69) is 10.6 Å². The zero-order valence-electron chi connectivity index (χ0n) is 13.1. The molecule has 1 aliphatic heterocycles. The summed E-state index contributed by atoms with van der Waals surface area (Å²) in [6.07, 6.45) is 0.366. The van der Waals surface area contributed by atoms with Crippen LogP contribution in [0.1, 0.15) is 17.5 Å². The lowest BCUT2D eigenvalue weighted by Gasteiger charge is -2.22. The number of nitrogens with one attached hydrogen (secondary N) is 2. The average Bonchev–Trinajstić information content (AvgIpc) is 2.43. The van der Waals surface area contributed by atoms with Gasteiger partial charge in [-0.25, -0.2) is 13.6 Å². The first-order valence-electron chi connectivity index (χ1n) is 7.02. The van der Waals surface area contributed by atoms with Crippen LogP contribution in [0.4, 0.5) is 5.69 Å². The summed E-state index contributed by atoms with van der Waals surface area (Å²) in [7, 11) is -3.79. The maximum Gasteiger partial charge on any atom is 0.238 e. The second kappa shape index (κ2) is 8.34. The Morgan fingerprint density at radius 2 is 2.13 bits per heavy atom. The van der Waals surface area contributed by atoms with Crippen molar-refractivity contribution in [2.45, 2.75) is 31.2 Å². The van der Waals surface area contributed by atoms with Gasteiger partial charge in [0.05, 0.1) is 4.90 Å². The molecule has 0 radical (unpaired) electrons. The molecule has 1 saturated heterocycles. The Bertz CT molecular complexity index is 674. The molecule has 9 heteroatoms. The fraction of sp³-hybridized carbons (Fsp3) is 0.500. The number of primary sulfonamides is 1. The minimum atomic E-state index is -3.79. The Hall–Kier alpha value is -0.800. The summed E-state index contributed by atoms with van der Waals surface area (Å²) in [5, 5.41) is 11.3. The standard InChI is InChI=1S/C14H21N3O3S2.ClH/c1-9-5-12(22(15,19)20)7-13(10(9)2)17-14(18)6-11-8-21-4-3-16-11;/h5,7,11,16H,3-4,6,8H2,1-2H3,(H,17,18)(H2,15,19,20);1H. The van der Waals surface area contributed by atoms with Crippen LogP contribution >= 0.6 is 24.2 Å². The summed E-state index contributed by atoms with van der Waals surface area (Å²) in [5.74, 6) is 1.84. The second-order valence-electron chi connectivity index (χ2n) is 5.44. The summed E-state index contributed by atoms with van der Waals surface area (Å²) in [5.41, 5.74) is 2.11. The van der Waals surface area contributed by atoms with Gasteiger partial charge in [0.2, 0.25) is 15.9 Å². The molecule has 1 aromatic carbocycles. The number of rotatable bonds is 4. The molecule has 23 heavy (non-hydrogen) atoms. The lowest BCUT2D eigenvalue weighted by molar-refractivity contribution is -0.116. The molecule has 0 spiro atoms. The van der Waals surface area contributed by atoms with Gasteiger partial charge in [-0.15, -0.1) is 12.4 Å². The molecule has 0 saturated carbocycles. The molecular weight excluding hydrogens is 358 g/mol. The molecular formula is C14H22ClN3O3S2. The Labute approximate surface area is 147 Å². The second-order valence-corrected chi connectivity index (χ2v) is 8.15. The van der Waals surface area contributed by atoms with E-state index in [1.165, 1.54) is 12.1 Å². The Morgan fingerprint density at radius 1 is 1.43 bits per heavy atom. The third kappa shape index (κ3) is 5.65. The van der Waals surface area contributed by atoms with Crippen LogP contribution in [0.15, 0.2) is 17.0 Å². The molecule has 0 bridgehead atoms. The Balaban J connectivity index is 0.00000264. The van der Waals surface area contributed by atoms with Crippen molar-refractivity contribution < 1.29 is 13.2 Å². The van der Waals surface area contributed by atoms with Crippen molar-refractivity contribution in [1.29, 1.82) is 0 Å². The van der Waals surface area contributed by atoms with Crippen molar-refractivity contribution in [3.05, 3.63) is 23.3 Å². The number of carbonyl (C=O) groups excluding carboxylic acids is 1. The van der Waals surface area contributed by atoms with Crippen LogP contribution < -0.4 is 15.8 Å². The third-order valence-corrected chi connectivity index (χ3v) is 5.70. The number of nitrogens with two attached hydrogens (primary N) is 1. The molecule has 1 atom stereocenters. The summed E-state index contributed by atoms with van der Waals surface area (Å²) < 4.78 is 23.0. The summed E-state index contributed by atoms with van der Waals surface area (Å²) >= 11 is 1.82. The van der Waals surface area contributed by atoms with E-state index in [9.17, 15) is 13.2 Å². The van der Waals surface area contributed by atoms with Gasteiger partial charge in [-0.1, -0.05) is 0 Å². The van der Waals surface area contributed by atoms with Crippen LogP contribution in [0, 0.1) is 13.8 Å². The first-order chi connectivity index (χ1) is 10.3. The van der Waals surface area contributed by atoms with Crippen LogP contribution in [-0.4, -0.2) is 38.4 Å². The fourth-order valence-corrected chi connectivity index (χ4v) is 3.87. The molecule has 0 aliphatic carbocycles. The summed E-state index contributed by atoms with van der Waals surface area (Å²) in [4.78, 5) is 12.2. The minimum absolute atomic E-state index is 0. The van der Waals surface area contributed by atoms with Crippen LogP contribution in [0.5, 0.6) is 0 Å². The number of halogens is 1. The maximum atomic E-state index is 12.2. The first kappa shape index (κ1) is 20.2. The molecule has 1 unspecified atom stereocenters. The van der Waals surface area contributed by atoms with E-state index < -0.39 is 10.0 Å². The molecule has 130 valence electrons. The van der Waals surface area contributed by atoms with Crippen molar-refractivity contribution in [2.24, 2.45) is 5.14 Å². The highest BCUT2D eigenvalue weighted by molar-refractivity contribution is 7.99. The van der Waals surface area contributed by atoms with Gasteiger partial charge in [0.1, 0.15) is 0 Å². The van der Waals surface area contributed by atoms with Gasteiger partial charge in [-0.05, 0) is 37.1 Å². The molecule has 1 amide bonds. The number of aryl methyl sites for hydroxylation is 1. The van der Waals surface area contributed by atoms with E-state index in [4.69, 9.17) is 5.14 Å². The number of benzene rings is 1. The lowest BCUT2D eigenvalue weighted by atomic mass is 10.1. The number of thioether (sulfide) groups is 1. The highest BCUT2D eigenvalue weighted by atomic mass is 35.5. The predicted molar refractivity (Wildman–Crippen MR) is 96.9 cm³/mol. The number of hydrogen-bond acceptors (Lipinski definition) is 5. The molecule has 1 heterocycles. The maximum absolute atomic E-state index is 12.2. The Kier molecular flexibility index (Phi) is 7.34. The van der Waals surface area contributed by atoms with E-state index >= 15 is 0 Å². The molecule has 0 aromatic heterocycles. The van der Waals surface area contributed by atoms with Crippen LogP contribution in [0.3, 0.4) is 0 Å². The number of anilines is 1. The van der Waals surface area contributed by atoms with Crippen molar-refractivity contribution in [2.75, 3.05) is 23.4 Å². The number of carbonyl (C=O) groups is 1. The van der Waals surface area contributed by atoms with E-state index in [0.717, 1.165) is 29.2 Å². The van der Waals surface area contributed by atoms with Crippen molar-refractivity contribution in [3.8, 4) is 0 Å². The number of sulfonamides is 1. The molecule has 1 aliphatic rings. The van der Waals surface area contributed by atoms with Gasteiger partial charge >= 0.3 is 0 Å². The quantitative estimate of drug-likeness (QED) is 0.734. The van der Waals surface area contributed by atoms with Crippen molar-refractivity contribution in [3.63, 3.8) is 0 Å². The van der Waals surface area contributed by atoms with Crippen LogP contribution in [0.25, 0.3) is 0 Å². The van der Waals surface area contributed by atoms with Crippen molar-refractivity contribution in [1.82, 2.24) is 5.32 Å². The van der Waals surface area contributed by atoms with Gasteiger partial charge in [-0.3, -0.25) is 4.79 Å². The summed E-state index contributed by atoms with van der Waals surface area (Å²) in [6, 6.07) is 3.08. The van der Waals surface area contributed by atoms with E-state index in [1.54, 1.807) is 6.92 Å². The predicted octanol–water partition coefficient (Wildman–Crippen LogP) is 1.41. The monoisotopic (exact) mass is 379 g/mol. The van der Waals surface area contributed by atoms with E-state index in [1.807, 2.05) is 18.7 Å². The molecule has 6 nitrogen and oxygen atoms in total. The summed E-state index contributed by atoms with van der Waals surface area (Å²) in [6.45, 7) is 4.53. The molecule has 1 fully saturated rings. The largest absolute Gasteiger partial charge is 0.326 e. The fourth-order valence-electron chi connectivity index (χ4n) is 2.30. The topological polar surface area (TPSA) is 101 Å². The Morgan fingerprint density at radius 3 is 2.70 bits per heavy atom. The molecule has 2 rings (SSSR count). The van der Waals surface area contributed by atoms with Crippen LogP contribution in [-0.2, 0) is 14.8 Å². The van der Waals surface area contributed by atoms with Gasteiger partial charge in [0, 0.05) is 36.2 Å². The van der Waals surface area contributed by atoms with Crippen molar-refractivity contribution >= 4 is 45.8 Å². The minimum Gasteiger partial charge on any atom is -0.326 e. The van der Waals surface area contributed by atoms with Gasteiger partial charge < -0.3 is 10.6 Å². The van der Waals surface area contributed by atoms with E-state index in [-0.39, 0.29) is 29.3 Å². The number of amides is 1. The third-order valence-electron chi connectivity index (χ3n) is 3.67. The van der Waals surface area contributed by atoms with E-state index in [0.29, 0.717) is 12.1 Å². The average molecular weight is 380 g/mol. The zero-order chi connectivity index (χ0) is 16.3. The molecule has 1 aromatic rings. The highest BCUT2D eigenvalue weighted by Gasteiger charge is 2.18. The van der Waals surface area contributed by atoms with Crippen LogP contribution in [0.2, 0.25) is 0 Å². The highest BCUT2D eigenvalue weighted by Crippen LogP contribution is 2.24. The van der Waals surface area contributed by atoms with Gasteiger partial charge in [0.15, 0.2) is 0 Å². The first-order valence-corrected chi connectivity index (χ1v) is 9.72. The lowest BCUT2D eigenvalue weighted by Crippen LogP contribution is -2.40. The smallest absolute Gasteiger partial charge is 0.238 e. The van der Waals surface area contributed by atoms with Gasteiger partial charge in [0.25, 0.3) is 0 Å².